The van der Waals surface area contributed by atoms with Crippen LogP contribution in [0.2, 0.25) is 0 Å². The number of aryl methyl sites for hydroxylation is 1. The largest absolute Gasteiger partial charge is 0.507 e. The molecule has 2 rings (SSSR count). The molecule has 2 aromatic carbocycles. The summed E-state index contributed by atoms with van der Waals surface area (Å²) >= 11 is 0. The summed E-state index contributed by atoms with van der Waals surface area (Å²) in [5.74, 6) is 0.364. The van der Waals surface area contributed by atoms with E-state index in [9.17, 15) is 9.90 Å². The zero-order chi connectivity index (χ0) is 13.8. The third-order valence-electron chi connectivity index (χ3n) is 3.06. The molecule has 3 nitrogen and oxygen atoms in total. The van der Waals surface area contributed by atoms with E-state index in [1.165, 1.54) is 6.07 Å². The lowest BCUT2D eigenvalue weighted by molar-refractivity contribution is 0.103. The van der Waals surface area contributed by atoms with Crippen molar-refractivity contribution in [2.45, 2.75) is 20.8 Å². The number of hydrogen-bond acceptors (Lipinski definition) is 3. The van der Waals surface area contributed by atoms with Gasteiger partial charge in [-0.15, -0.1) is 0 Å². The number of benzene rings is 2. The maximum atomic E-state index is 12.3. The van der Waals surface area contributed by atoms with Crippen LogP contribution in [0.1, 0.15) is 35.8 Å². The van der Waals surface area contributed by atoms with E-state index in [4.69, 9.17) is 4.74 Å². The van der Waals surface area contributed by atoms with Crippen molar-refractivity contribution in [1.29, 1.82) is 0 Å². The van der Waals surface area contributed by atoms with Gasteiger partial charge >= 0.3 is 0 Å². The Labute approximate surface area is 119 Å². The summed E-state index contributed by atoms with van der Waals surface area (Å²) in [6.07, 6.45) is 0.735. The molecule has 0 spiro atoms. The van der Waals surface area contributed by atoms with E-state index in [1.54, 1.807) is 37.4 Å². The van der Waals surface area contributed by atoms with E-state index >= 15 is 0 Å². The third-order valence-corrected chi connectivity index (χ3v) is 3.06. The summed E-state index contributed by atoms with van der Waals surface area (Å²) in [5.41, 5.74) is 1.77. The van der Waals surface area contributed by atoms with Crippen LogP contribution in [0.15, 0.2) is 42.5 Å². The van der Waals surface area contributed by atoms with E-state index in [1.807, 2.05) is 13.0 Å². The Balaban J connectivity index is 0.00000200. The lowest BCUT2D eigenvalue weighted by Gasteiger charge is -2.11. The van der Waals surface area contributed by atoms with Crippen molar-refractivity contribution in [2.24, 2.45) is 0 Å². The topological polar surface area (TPSA) is 46.5 Å². The molecule has 0 aliphatic rings. The van der Waals surface area contributed by atoms with Gasteiger partial charge in [0.25, 0.3) is 0 Å². The average molecular weight is 272 g/mol. The number of methoxy groups -OCH3 is 1. The van der Waals surface area contributed by atoms with Gasteiger partial charge in [0.05, 0.1) is 12.7 Å². The van der Waals surface area contributed by atoms with Gasteiger partial charge in [0.15, 0.2) is 5.78 Å². The number of carbonyl (C=O) groups is 1. The number of phenols is 1. The fraction of sp³-hybridized carbons (Fsp3) is 0.235. The highest BCUT2D eigenvalue weighted by Gasteiger charge is 2.16. The van der Waals surface area contributed by atoms with Gasteiger partial charge in [-0.3, -0.25) is 4.79 Å². The average Bonchev–Trinajstić information content (AvgIpc) is 2.47. The third kappa shape index (κ3) is 2.99. The zero-order valence-electron chi connectivity index (χ0n) is 11.0. The first kappa shape index (κ1) is 15.8. The summed E-state index contributed by atoms with van der Waals surface area (Å²) in [4.78, 5) is 12.3. The van der Waals surface area contributed by atoms with Gasteiger partial charge in [-0.05, 0) is 18.1 Å². The molecule has 0 bridgehead atoms. The van der Waals surface area contributed by atoms with E-state index in [0.717, 1.165) is 12.0 Å². The van der Waals surface area contributed by atoms with Crippen molar-refractivity contribution < 1.29 is 14.6 Å². The smallest absolute Gasteiger partial charge is 0.196 e. The lowest BCUT2D eigenvalue weighted by atomic mass is 9.99. The molecule has 0 heterocycles. The van der Waals surface area contributed by atoms with Gasteiger partial charge in [0.2, 0.25) is 0 Å². The van der Waals surface area contributed by atoms with Crippen LogP contribution < -0.4 is 4.74 Å². The molecule has 0 atom stereocenters. The molecule has 0 unspecified atom stereocenters. The molecule has 1 N–H and O–H groups in total. The molecule has 0 aliphatic carbocycles. The maximum Gasteiger partial charge on any atom is 0.196 e. The van der Waals surface area contributed by atoms with Crippen molar-refractivity contribution in [3.63, 3.8) is 0 Å². The molecule has 0 aromatic heterocycles. The highest BCUT2D eigenvalue weighted by molar-refractivity contribution is 6.10. The number of ketones is 1. The molecule has 0 saturated heterocycles. The van der Waals surface area contributed by atoms with Crippen molar-refractivity contribution in [1.82, 2.24) is 0 Å². The fourth-order valence-electron chi connectivity index (χ4n) is 2.01. The Morgan fingerprint density at radius 3 is 2.40 bits per heavy atom. The van der Waals surface area contributed by atoms with E-state index in [0.29, 0.717) is 16.9 Å². The second kappa shape index (κ2) is 6.75. The zero-order valence-corrected chi connectivity index (χ0v) is 11.0. The van der Waals surface area contributed by atoms with E-state index < -0.39 is 0 Å². The summed E-state index contributed by atoms with van der Waals surface area (Å²) < 4.78 is 5.19. The second-order valence-electron chi connectivity index (χ2n) is 4.23. The SMILES string of the molecule is C.CCc1cc(C(=O)c2ccccc2)c(O)cc1OC. The van der Waals surface area contributed by atoms with Crippen molar-refractivity contribution in [3.05, 3.63) is 59.2 Å². The lowest BCUT2D eigenvalue weighted by Crippen LogP contribution is -2.03. The number of hydrogen-bond donors (Lipinski definition) is 1. The number of ether oxygens (including phenoxy) is 1. The van der Waals surface area contributed by atoms with Crippen LogP contribution in [0.5, 0.6) is 11.5 Å². The van der Waals surface area contributed by atoms with Gasteiger partial charge in [-0.1, -0.05) is 44.7 Å². The Morgan fingerprint density at radius 2 is 1.85 bits per heavy atom. The first-order chi connectivity index (χ1) is 9.17. The minimum atomic E-state index is -0.185. The molecule has 2 aromatic rings. The van der Waals surface area contributed by atoms with Gasteiger partial charge in [-0.25, -0.2) is 0 Å². The molecule has 0 fully saturated rings. The van der Waals surface area contributed by atoms with Crippen molar-refractivity contribution in [2.75, 3.05) is 7.11 Å². The van der Waals surface area contributed by atoms with Crippen molar-refractivity contribution >= 4 is 5.78 Å². The number of rotatable bonds is 4. The minimum absolute atomic E-state index is 0. The van der Waals surface area contributed by atoms with Crippen LogP contribution in [0.4, 0.5) is 0 Å². The molecule has 0 amide bonds. The van der Waals surface area contributed by atoms with Crippen molar-refractivity contribution in [3.8, 4) is 11.5 Å². The Bertz CT molecular complexity index is 589. The number of aromatic hydroxyl groups is 1. The fourth-order valence-corrected chi connectivity index (χ4v) is 2.01. The molecule has 0 saturated carbocycles. The summed E-state index contributed by atoms with van der Waals surface area (Å²) in [6, 6.07) is 12.1. The molecule has 0 aliphatic heterocycles. The quantitative estimate of drug-likeness (QED) is 0.860. The summed E-state index contributed by atoms with van der Waals surface area (Å²) in [6.45, 7) is 1.98. The van der Waals surface area contributed by atoms with Crippen LogP contribution in [0, 0.1) is 0 Å². The van der Waals surface area contributed by atoms with Crippen LogP contribution in [-0.4, -0.2) is 18.0 Å². The molecule has 20 heavy (non-hydrogen) atoms. The number of carbonyl (C=O) groups excluding carboxylic acids is 1. The van der Waals surface area contributed by atoms with Crippen LogP contribution >= 0.6 is 0 Å². The molecular formula is C17H20O3. The maximum absolute atomic E-state index is 12.3. The van der Waals surface area contributed by atoms with Gasteiger partial charge in [0, 0.05) is 11.6 Å². The first-order valence-electron chi connectivity index (χ1n) is 6.17. The molecule has 3 heteroatoms. The standard InChI is InChI=1S/C16H16O3.CH4/c1-3-11-9-13(14(17)10-15(11)19-2)16(18)12-7-5-4-6-8-12;/h4-10,17H,3H2,1-2H3;1H4. The first-order valence-corrected chi connectivity index (χ1v) is 6.17. The van der Waals surface area contributed by atoms with Gasteiger partial charge in [0.1, 0.15) is 11.5 Å². The number of phenolic OH excluding ortho intramolecular Hbond substituents is 1. The molecule has 0 radical (unpaired) electrons. The Morgan fingerprint density at radius 1 is 1.20 bits per heavy atom. The van der Waals surface area contributed by atoms with Gasteiger partial charge in [-0.2, -0.15) is 0 Å². The van der Waals surface area contributed by atoms with E-state index in [-0.39, 0.29) is 19.0 Å². The molecular weight excluding hydrogens is 252 g/mol. The van der Waals surface area contributed by atoms with Gasteiger partial charge < -0.3 is 9.84 Å². The monoisotopic (exact) mass is 272 g/mol. The van der Waals surface area contributed by atoms with E-state index in [2.05, 4.69) is 0 Å². The highest BCUT2D eigenvalue weighted by atomic mass is 16.5. The predicted molar refractivity (Wildman–Crippen MR) is 80.6 cm³/mol. The highest BCUT2D eigenvalue weighted by Crippen LogP contribution is 2.30. The Kier molecular flexibility index (Phi) is 5.32. The van der Waals surface area contributed by atoms with Crippen LogP contribution in [-0.2, 0) is 6.42 Å². The second-order valence-corrected chi connectivity index (χ2v) is 4.23. The van der Waals surface area contributed by atoms with Crippen LogP contribution in [0.25, 0.3) is 0 Å². The predicted octanol–water partition coefficient (Wildman–Crippen LogP) is 3.83. The molecule has 106 valence electrons. The minimum Gasteiger partial charge on any atom is -0.507 e. The normalized spacial score (nSPS) is 9.70. The summed E-state index contributed by atoms with van der Waals surface area (Å²) in [5, 5.41) is 9.97. The summed E-state index contributed by atoms with van der Waals surface area (Å²) in [7, 11) is 1.55. The Hall–Kier alpha value is -2.29. The van der Waals surface area contributed by atoms with Crippen LogP contribution in [0.3, 0.4) is 0 Å².